The molecular weight excluding hydrogens is 312 g/mol. The van der Waals surface area contributed by atoms with Crippen molar-refractivity contribution >= 4 is 17.7 Å². The van der Waals surface area contributed by atoms with Gasteiger partial charge in [0, 0.05) is 16.8 Å². The van der Waals surface area contributed by atoms with Crippen molar-refractivity contribution in [2.45, 2.75) is 13.5 Å². The molecule has 2 aromatic carbocycles. The molecule has 0 radical (unpaired) electrons. The van der Waals surface area contributed by atoms with Crippen LogP contribution in [0.1, 0.15) is 16.7 Å². The summed E-state index contributed by atoms with van der Waals surface area (Å²) >= 11 is 0. The number of rotatable bonds is 3. The van der Waals surface area contributed by atoms with Gasteiger partial charge in [-0.3, -0.25) is 4.79 Å². The van der Waals surface area contributed by atoms with Crippen molar-refractivity contribution in [3.63, 3.8) is 0 Å². The van der Waals surface area contributed by atoms with Gasteiger partial charge in [-0.1, -0.05) is 23.8 Å². The van der Waals surface area contributed by atoms with E-state index in [1.807, 2.05) is 55.5 Å². The Bertz CT molecular complexity index is 739. The lowest BCUT2D eigenvalue weighted by molar-refractivity contribution is -0.386. The van der Waals surface area contributed by atoms with Gasteiger partial charge in [0.25, 0.3) is 5.91 Å². The molecule has 120 valence electrons. The fourth-order valence-corrected chi connectivity index (χ4v) is 2.39. The van der Waals surface area contributed by atoms with E-state index in [0.29, 0.717) is 12.2 Å². The van der Waals surface area contributed by atoms with Gasteiger partial charge in [0.05, 0.1) is 12.1 Å². The molecule has 0 aliphatic carbocycles. The zero-order valence-electron chi connectivity index (χ0n) is 12.9. The van der Waals surface area contributed by atoms with Crippen LogP contribution in [0.25, 0.3) is 6.08 Å². The molecule has 0 saturated carbocycles. The van der Waals surface area contributed by atoms with Crippen LogP contribution in [0.5, 0.6) is 5.75 Å². The number of ether oxygens (including phenoxy) is 1. The van der Waals surface area contributed by atoms with Crippen LogP contribution in [-0.2, 0) is 11.3 Å². The van der Waals surface area contributed by atoms with Crippen molar-refractivity contribution in [2.24, 2.45) is 0 Å². The number of carbonyl (C=O) groups is 1. The molecule has 23 heavy (non-hydrogen) atoms. The number of hydrogen-bond donors (Lipinski definition) is 2. The summed E-state index contributed by atoms with van der Waals surface area (Å²) in [7, 11) is 0. The molecule has 0 atom stereocenters. The van der Waals surface area contributed by atoms with E-state index in [1.165, 1.54) is 0 Å². The Morgan fingerprint density at radius 1 is 1.22 bits per heavy atom. The zero-order valence-corrected chi connectivity index (χ0v) is 13.7. The highest BCUT2D eigenvalue weighted by atomic mass is 35.5. The summed E-state index contributed by atoms with van der Waals surface area (Å²) in [6, 6.07) is 13.7. The highest BCUT2D eigenvalue weighted by Gasteiger charge is 2.17. The summed E-state index contributed by atoms with van der Waals surface area (Å²) in [5.74, 6) is 0.691. The van der Waals surface area contributed by atoms with Crippen molar-refractivity contribution in [2.75, 3.05) is 11.9 Å². The predicted octanol–water partition coefficient (Wildman–Crippen LogP) is -0.845. The molecular formula is C18H19ClN2O2. The van der Waals surface area contributed by atoms with Crippen molar-refractivity contribution in [1.82, 2.24) is 0 Å². The Hall–Kier alpha value is -2.30. The summed E-state index contributed by atoms with van der Waals surface area (Å²) in [6.45, 7) is 3.05. The molecule has 2 aromatic rings. The molecule has 0 aromatic heterocycles. The van der Waals surface area contributed by atoms with Gasteiger partial charge in [-0.05, 0) is 37.3 Å². The molecule has 5 heteroatoms. The standard InChI is InChI=1S/C18H18N2O2.ClH/c1-12-2-7-17-14(8-12)9-15(11-22-17)18(21)20-16-5-3-13(10-19)4-6-16;/h2-9H,10-11,19H2,1H3,(H,20,21);1H. The van der Waals surface area contributed by atoms with Gasteiger partial charge in [-0.2, -0.15) is 0 Å². The van der Waals surface area contributed by atoms with Gasteiger partial charge >= 0.3 is 0 Å². The Kier molecular flexibility index (Phi) is 5.42. The first-order valence-electron chi connectivity index (χ1n) is 7.29. The van der Waals surface area contributed by atoms with Crippen LogP contribution in [0.15, 0.2) is 48.0 Å². The van der Waals surface area contributed by atoms with Crippen LogP contribution in [0.4, 0.5) is 5.69 Å². The van der Waals surface area contributed by atoms with Gasteiger partial charge in [-0.25, -0.2) is 0 Å². The van der Waals surface area contributed by atoms with Crippen molar-refractivity contribution in [1.29, 1.82) is 0 Å². The Morgan fingerprint density at radius 3 is 2.65 bits per heavy atom. The summed E-state index contributed by atoms with van der Waals surface area (Å²) in [5.41, 5.74) is 8.47. The minimum absolute atomic E-state index is 0. The minimum atomic E-state index is -0.130. The summed E-state index contributed by atoms with van der Waals surface area (Å²) in [5, 5.41) is 2.90. The zero-order chi connectivity index (χ0) is 15.5. The maximum atomic E-state index is 12.3. The van der Waals surface area contributed by atoms with E-state index in [-0.39, 0.29) is 18.3 Å². The fourth-order valence-electron chi connectivity index (χ4n) is 2.39. The number of halogens is 1. The highest BCUT2D eigenvalue weighted by molar-refractivity contribution is 6.07. The predicted molar refractivity (Wildman–Crippen MR) is 86.3 cm³/mol. The van der Waals surface area contributed by atoms with Gasteiger partial charge in [-0.15, -0.1) is 0 Å². The normalized spacial score (nSPS) is 12.3. The largest absolute Gasteiger partial charge is 1.00 e. The van der Waals surface area contributed by atoms with Crippen LogP contribution in [-0.4, -0.2) is 12.5 Å². The Balaban J connectivity index is 0.00000192. The SMILES string of the molecule is Cc1ccc2c(c1)C=C(C(=O)Nc1ccc(C[NH3+])cc1)CO2.[Cl-]. The van der Waals surface area contributed by atoms with Gasteiger partial charge in [0.2, 0.25) is 0 Å². The number of anilines is 1. The lowest BCUT2D eigenvalue weighted by atomic mass is 10.0. The van der Waals surface area contributed by atoms with Crippen molar-refractivity contribution < 1.29 is 27.7 Å². The quantitative estimate of drug-likeness (QED) is 0.770. The summed E-state index contributed by atoms with van der Waals surface area (Å²) in [6.07, 6.45) is 1.89. The third kappa shape index (κ3) is 3.92. The van der Waals surface area contributed by atoms with E-state index in [9.17, 15) is 4.79 Å². The Morgan fingerprint density at radius 2 is 1.96 bits per heavy atom. The molecule has 0 spiro atoms. The fraction of sp³-hybridized carbons (Fsp3) is 0.167. The van der Waals surface area contributed by atoms with Gasteiger partial charge in [0.1, 0.15) is 12.4 Å². The maximum absolute atomic E-state index is 12.3. The first kappa shape index (κ1) is 17.1. The van der Waals surface area contributed by atoms with E-state index in [4.69, 9.17) is 4.74 Å². The van der Waals surface area contributed by atoms with E-state index in [1.54, 1.807) is 0 Å². The molecule has 4 nitrogen and oxygen atoms in total. The molecule has 0 fully saturated rings. The maximum Gasteiger partial charge on any atom is 0.255 e. The number of carbonyl (C=O) groups excluding carboxylic acids is 1. The number of nitrogens with one attached hydrogen (secondary N) is 1. The van der Waals surface area contributed by atoms with Crippen LogP contribution in [0.3, 0.4) is 0 Å². The number of aryl methyl sites for hydroxylation is 1. The van der Waals surface area contributed by atoms with Crippen LogP contribution in [0, 0.1) is 6.92 Å². The molecule has 0 bridgehead atoms. The number of benzene rings is 2. The minimum Gasteiger partial charge on any atom is -1.00 e. The molecule has 0 unspecified atom stereocenters. The third-order valence-corrected chi connectivity index (χ3v) is 3.67. The van der Waals surface area contributed by atoms with Crippen LogP contribution >= 0.6 is 0 Å². The average molecular weight is 331 g/mol. The molecule has 1 amide bonds. The second kappa shape index (κ2) is 7.31. The monoisotopic (exact) mass is 330 g/mol. The molecule has 3 rings (SSSR count). The molecule has 1 heterocycles. The molecule has 1 aliphatic heterocycles. The van der Waals surface area contributed by atoms with Gasteiger partial charge in [0.15, 0.2) is 0 Å². The van der Waals surface area contributed by atoms with E-state index >= 15 is 0 Å². The highest BCUT2D eigenvalue weighted by Crippen LogP contribution is 2.27. The summed E-state index contributed by atoms with van der Waals surface area (Å²) < 4.78 is 5.65. The second-order valence-electron chi connectivity index (χ2n) is 5.40. The number of fused-ring (bicyclic) bond motifs is 1. The van der Waals surface area contributed by atoms with Gasteiger partial charge < -0.3 is 28.2 Å². The summed E-state index contributed by atoms with van der Waals surface area (Å²) in [4.78, 5) is 12.3. The topological polar surface area (TPSA) is 66.0 Å². The second-order valence-corrected chi connectivity index (χ2v) is 5.40. The van der Waals surface area contributed by atoms with E-state index in [2.05, 4.69) is 11.1 Å². The van der Waals surface area contributed by atoms with Crippen LogP contribution in [0.2, 0.25) is 0 Å². The lowest BCUT2D eigenvalue weighted by Gasteiger charge is -2.18. The first-order valence-corrected chi connectivity index (χ1v) is 7.29. The average Bonchev–Trinajstić information content (AvgIpc) is 2.54. The Labute approximate surface area is 141 Å². The third-order valence-electron chi connectivity index (χ3n) is 3.67. The van der Waals surface area contributed by atoms with E-state index < -0.39 is 0 Å². The van der Waals surface area contributed by atoms with Crippen LogP contribution < -0.4 is 28.2 Å². The molecule has 0 saturated heterocycles. The number of quaternary nitrogens is 1. The van der Waals surface area contributed by atoms with E-state index in [0.717, 1.165) is 34.7 Å². The first-order chi connectivity index (χ1) is 10.7. The molecule has 4 N–H and O–H groups in total. The smallest absolute Gasteiger partial charge is 0.255 e. The molecule has 1 aliphatic rings. The van der Waals surface area contributed by atoms with Crippen molar-refractivity contribution in [3.05, 3.63) is 64.7 Å². The lowest BCUT2D eigenvalue weighted by Crippen LogP contribution is -3.00. The van der Waals surface area contributed by atoms with Crippen molar-refractivity contribution in [3.8, 4) is 5.75 Å². The number of amides is 1. The number of hydrogen-bond acceptors (Lipinski definition) is 2.